The van der Waals surface area contributed by atoms with Gasteiger partial charge in [0.2, 0.25) is 5.91 Å². The third-order valence-electron chi connectivity index (χ3n) is 6.53. The Balaban J connectivity index is 1.16. The van der Waals surface area contributed by atoms with Gasteiger partial charge in [-0.2, -0.15) is 0 Å². The normalized spacial score (nSPS) is 22.7. The van der Waals surface area contributed by atoms with Crippen molar-refractivity contribution in [2.75, 3.05) is 19.7 Å². The van der Waals surface area contributed by atoms with E-state index < -0.39 is 5.60 Å². The number of hydrogen-bond acceptors (Lipinski definition) is 6. The van der Waals surface area contributed by atoms with E-state index in [4.69, 9.17) is 15.2 Å². The number of carbonyl (C=O) groups is 1. The van der Waals surface area contributed by atoms with E-state index >= 15 is 0 Å². The fourth-order valence-electron chi connectivity index (χ4n) is 4.85. The van der Waals surface area contributed by atoms with Crippen molar-refractivity contribution in [1.82, 2.24) is 9.88 Å². The van der Waals surface area contributed by atoms with Gasteiger partial charge in [0.1, 0.15) is 11.4 Å². The first-order valence-corrected chi connectivity index (χ1v) is 11.7. The van der Waals surface area contributed by atoms with Crippen molar-refractivity contribution in [3.8, 4) is 10.9 Å². The summed E-state index contributed by atoms with van der Waals surface area (Å²) in [5.74, 6) is 0.740. The summed E-state index contributed by atoms with van der Waals surface area (Å²) < 4.78 is 12.9. The van der Waals surface area contributed by atoms with Gasteiger partial charge in [-0.05, 0) is 74.5 Å². The van der Waals surface area contributed by atoms with Gasteiger partial charge in [0.15, 0.2) is 0 Å². The van der Waals surface area contributed by atoms with Gasteiger partial charge in [-0.1, -0.05) is 35.6 Å². The number of hydrogen-bond donors (Lipinski definition) is 1. The second-order valence-corrected chi connectivity index (χ2v) is 9.44. The molecule has 2 aliphatic heterocycles. The molecule has 3 heterocycles. The van der Waals surface area contributed by atoms with Crippen LogP contribution < -0.4 is 10.5 Å². The molecule has 2 saturated heterocycles. The van der Waals surface area contributed by atoms with Gasteiger partial charge in [-0.25, -0.2) is 4.98 Å². The van der Waals surface area contributed by atoms with E-state index in [-0.39, 0.29) is 11.8 Å². The number of likely N-dealkylation sites (tertiary alicyclic amines) is 1. The van der Waals surface area contributed by atoms with Crippen LogP contribution in [0, 0.1) is 5.92 Å². The zero-order valence-corrected chi connectivity index (χ0v) is 18.3. The topological polar surface area (TPSA) is 77.7 Å². The lowest BCUT2D eigenvalue weighted by molar-refractivity contribution is -0.147. The van der Waals surface area contributed by atoms with Crippen molar-refractivity contribution < 1.29 is 14.3 Å². The Morgan fingerprint density at radius 2 is 1.97 bits per heavy atom. The highest BCUT2D eigenvalue weighted by Crippen LogP contribution is 2.39. The molecule has 0 radical (unpaired) electrons. The predicted molar refractivity (Wildman–Crippen MR) is 121 cm³/mol. The Labute approximate surface area is 186 Å². The van der Waals surface area contributed by atoms with Crippen molar-refractivity contribution >= 4 is 27.5 Å². The average Bonchev–Trinajstić information content (AvgIpc) is 3.43. The van der Waals surface area contributed by atoms with Gasteiger partial charge in [0.25, 0.3) is 5.19 Å². The lowest BCUT2D eigenvalue weighted by atomic mass is 9.78. The summed E-state index contributed by atoms with van der Waals surface area (Å²) in [6.07, 6.45) is 3.58. The SMILES string of the molecule is NC(=O)C1(C2CCN(Cc3ccc(Oc4nc5ccccc5s4)cc3)CC2)CCCO1. The van der Waals surface area contributed by atoms with Crippen LogP contribution in [0.3, 0.4) is 0 Å². The van der Waals surface area contributed by atoms with Crippen LogP contribution in [0.4, 0.5) is 0 Å². The quantitative estimate of drug-likeness (QED) is 0.621. The Hall–Kier alpha value is -2.48. The molecule has 2 aromatic carbocycles. The van der Waals surface area contributed by atoms with Crippen LogP contribution in [0.15, 0.2) is 48.5 Å². The molecule has 1 unspecified atom stereocenters. The standard InChI is InChI=1S/C24H27N3O3S/c25-22(28)24(12-3-15-29-24)18-10-13-27(14-11-18)16-17-6-8-19(9-7-17)30-23-26-20-4-1-2-5-21(20)31-23/h1-2,4-9,18H,3,10-16H2,(H2,25,28). The fraction of sp³-hybridized carbons (Fsp3) is 0.417. The van der Waals surface area contributed by atoms with E-state index in [1.807, 2.05) is 30.3 Å². The van der Waals surface area contributed by atoms with Gasteiger partial charge in [0.05, 0.1) is 10.2 Å². The number of amides is 1. The smallest absolute Gasteiger partial charge is 0.279 e. The maximum atomic E-state index is 12.1. The van der Waals surface area contributed by atoms with Crippen molar-refractivity contribution in [3.05, 3.63) is 54.1 Å². The number of ether oxygens (including phenoxy) is 2. The largest absolute Gasteiger partial charge is 0.431 e. The fourth-order valence-corrected chi connectivity index (χ4v) is 5.69. The molecule has 0 saturated carbocycles. The van der Waals surface area contributed by atoms with Crippen molar-refractivity contribution in [2.45, 2.75) is 37.8 Å². The van der Waals surface area contributed by atoms with Crippen molar-refractivity contribution in [1.29, 1.82) is 0 Å². The molecule has 2 fully saturated rings. The number of thiazole rings is 1. The highest BCUT2D eigenvalue weighted by molar-refractivity contribution is 7.20. The van der Waals surface area contributed by atoms with E-state index in [0.29, 0.717) is 11.8 Å². The molecule has 2 aliphatic rings. The van der Waals surface area contributed by atoms with Crippen molar-refractivity contribution in [3.63, 3.8) is 0 Å². The van der Waals surface area contributed by atoms with Crippen LogP contribution in [0.1, 0.15) is 31.2 Å². The molecule has 0 bridgehead atoms. The second-order valence-electron chi connectivity index (χ2n) is 8.45. The first-order valence-electron chi connectivity index (χ1n) is 10.9. The minimum atomic E-state index is -0.730. The lowest BCUT2D eigenvalue weighted by Crippen LogP contribution is -2.52. The van der Waals surface area contributed by atoms with E-state index in [1.165, 1.54) is 5.56 Å². The molecule has 5 rings (SSSR count). The molecule has 6 nitrogen and oxygen atoms in total. The molecule has 31 heavy (non-hydrogen) atoms. The van der Waals surface area contributed by atoms with E-state index in [2.05, 4.69) is 28.1 Å². The van der Waals surface area contributed by atoms with Gasteiger partial charge < -0.3 is 15.2 Å². The number of piperidine rings is 1. The number of para-hydroxylation sites is 1. The van der Waals surface area contributed by atoms with Gasteiger partial charge in [0, 0.05) is 13.2 Å². The number of primary amides is 1. The average molecular weight is 438 g/mol. The second kappa shape index (κ2) is 8.57. The third kappa shape index (κ3) is 4.18. The van der Waals surface area contributed by atoms with Gasteiger partial charge >= 0.3 is 0 Å². The van der Waals surface area contributed by atoms with Gasteiger partial charge in [-0.3, -0.25) is 9.69 Å². The number of carbonyl (C=O) groups excluding carboxylic acids is 1. The number of fused-ring (bicyclic) bond motifs is 1. The lowest BCUT2D eigenvalue weighted by Gasteiger charge is -2.40. The number of rotatable bonds is 6. The Bertz CT molecular complexity index is 1020. The summed E-state index contributed by atoms with van der Waals surface area (Å²) in [5.41, 5.74) is 7.20. The molecular weight excluding hydrogens is 410 g/mol. The number of benzene rings is 2. The zero-order valence-electron chi connectivity index (χ0n) is 17.5. The summed E-state index contributed by atoms with van der Waals surface area (Å²) in [4.78, 5) is 19.0. The molecule has 7 heteroatoms. The molecule has 162 valence electrons. The first-order chi connectivity index (χ1) is 15.1. The summed E-state index contributed by atoms with van der Waals surface area (Å²) in [5, 5.41) is 0.661. The minimum absolute atomic E-state index is 0.230. The predicted octanol–water partition coefficient (Wildman–Crippen LogP) is 4.34. The molecule has 1 aromatic heterocycles. The number of nitrogens with two attached hydrogens (primary N) is 1. The third-order valence-corrected chi connectivity index (χ3v) is 7.44. The van der Waals surface area contributed by atoms with Crippen LogP contribution in [-0.2, 0) is 16.1 Å². The Kier molecular flexibility index (Phi) is 5.65. The molecular formula is C24H27N3O3S. The van der Waals surface area contributed by atoms with Crippen LogP contribution in [0.2, 0.25) is 0 Å². The summed E-state index contributed by atoms with van der Waals surface area (Å²) in [6, 6.07) is 16.3. The number of aromatic nitrogens is 1. The Morgan fingerprint density at radius 1 is 1.19 bits per heavy atom. The molecule has 1 amide bonds. The van der Waals surface area contributed by atoms with Gasteiger partial charge in [-0.15, -0.1) is 0 Å². The van der Waals surface area contributed by atoms with Crippen LogP contribution in [0.5, 0.6) is 10.9 Å². The van der Waals surface area contributed by atoms with Crippen molar-refractivity contribution in [2.24, 2.45) is 11.7 Å². The molecule has 2 N–H and O–H groups in total. The maximum Gasteiger partial charge on any atom is 0.279 e. The van der Waals surface area contributed by atoms with E-state index in [1.54, 1.807) is 11.3 Å². The summed E-state index contributed by atoms with van der Waals surface area (Å²) >= 11 is 1.55. The molecule has 0 aliphatic carbocycles. The van der Waals surface area contributed by atoms with Crippen LogP contribution in [-0.4, -0.2) is 41.1 Å². The molecule has 1 atom stereocenters. The van der Waals surface area contributed by atoms with E-state index in [0.717, 1.165) is 61.3 Å². The summed E-state index contributed by atoms with van der Waals surface area (Å²) in [7, 11) is 0. The zero-order chi connectivity index (χ0) is 21.3. The molecule has 0 spiro atoms. The number of nitrogens with zero attached hydrogens (tertiary/aromatic N) is 2. The van der Waals surface area contributed by atoms with E-state index in [9.17, 15) is 4.79 Å². The van der Waals surface area contributed by atoms with Crippen LogP contribution in [0.25, 0.3) is 10.2 Å². The highest BCUT2D eigenvalue weighted by Gasteiger charge is 2.48. The highest BCUT2D eigenvalue weighted by atomic mass is 32.1. The minimum Gasteiger partial charge on any atom is -0.431 e. The first kappa shape index (κ1) is 20.4. The maximum absolute atomic E-state index is 12.1. The monoisotopic (exact) mass is 437 g/mol. The summed E-state index contributed by atoms with van der Waals surface area (Å²) in [6.45, 7) is 3.44. The van der Waals surface area contributed by atoms with Crippen LogP contribution >= 0.6 is 11.3 Å². The molecule has 3 aromatic rings. The Morgan fingerprint density at radius 3 is 2.65 bits per heavy atom.